The lowest BCUT2D eigenvalue weighted by molar-refractivity contribution is -0.136. The number of fused-ring (bicyclic) bond motifs is 4. The minimum Gasteiger partial charge on any atom is -0.508 e. The van der Waals surface area contributed by atoms with Gasteiger partial charge in [0.25, 0.3) is 0 Å². The molecule has 0 aliphatic heterocycles. The second kappa shape index (κ2) is 30.9. The molecule has 0 amide bonds. The number of nitrogens with two attached hydrogens (primary N) is 8. The molecular weight excluding hydrogens is 1340 g/mol. The van der Waals surface area contributed by atoms with E-state index in [1.54, 1.807) is 55.0 Å². The first kappa shape index (κ1) is 72.0. The topological polar surface area (TPSA) is 584 Å². The lowest BCUT2D eigenvalue weighted by Gasteiger charge is -2.12. The van der Waals surface area contributed by atoms with E-state index in [0.29, 0.717) is 125 Å². The van der Waals surface area contributed by atoms with Crippen LogP contribution in [0.5, 0.6) is 5.75 Å². The van der Waals surface area contributed by atoms with Crippen LogP contribution in [0.3, 0.4) is 0 Å². The zero-order chi connectivity index (χ0) is 72.2. The van der Waals surface area contributed by atoms with Crippen LogP contribution < -0.4 is 45.9 Å². The number of aromatic nitrogens is 16. The molecule has 0 saturated carbocycles. The van der Waals surface area contributed by atoms with Gasteiger partial charge in [-0.3, -0.25) is 9.36 Å². The summed E-state index contributed by atoms with van der Waals surface area (Å²) in [6, 6.07) is 25.0. The Balaban J connectivity index is 0.000000156. The smallest absolute Gasteiger partial charge is 0.347 e. The maximum Gasteiger partial charge on any atom is 0.347 e. The van der Waals surface area contributed by atoms with Crippen LogP contribution in [0, 0.1) is 0 Å². The fraction of sp³-hybridized carbons (Fsp3) is 0.190. The van der Waals surface area contributed by atoms with Gasteiger partial charge in [-0.25, -0.2) is 48.3 Å². The third-order valence-corrected chi connectivity index (χ3v) is 17.1. The van der Waals surface area contributed by atoms with E-state index in [1.165, 1.54) is 30.5 Å². The van der Waals surface area contributed by atoms with Crippen LogP contribution in [0.25, 0.3) is 50.4 Å². The summed E-state index contributed by atoms with van der Waals surface area (Å²) in [6.45, 7) is 3.76. The van der Waals surface area contributed by atoms with Gasteiger partial charge in [0.1, 0.15) is 11.5 Å². The molecule has 0 spiro atoms. The number of aryl methyl sites for hydroxylation is 8. The second-order valence-electron chi connectivity index (χ2n) is 22.3. The number of alkyl halides is 2. The third-order valence-electron chi connectivity index (χ3n) is 14.5. The van der Waals surface area contributed by atoms with E-state index in [4.69, 9.17) is 60.8 Å². The molecule has 33 nitrogen and oxygen atoms in total. The molecule has 21 N–H and O–H groups in total. The lowest BCUT2D eigenvalue weighted by Crippen LogP contribution is -2.24. The van der Waals surface area contributed by atoms with Gasteiger partial charge in [0, 0.05) is 6.92 Å². The zero-order valence-electron chi connectivity index (χ0n) is 53.0. The van der Waals surface area contributed by atoms with Gasteiger partial charge in [-0.05, 0) is 109 Å². The van der Waals surface area contributed by atoms with Gasteiger partial charge < -0.3 is 71.0 Å². The highest BCUT2D eigenvalue weighted by atomic mass is 32.2. The largest absolute Gasteiger partial charge is 0.508 e. The van der Waals surface area contributed by atoms with Gasteiger partial charge in [0.05, 0.1) is 70.6 Å². The quantitative estimate of drug-likeness (QED) is 0.0356. The van der Waals surface area contributed by atoms with Gasteiger partial charge >= 0.3 is 18.8 Å². The lowest BCUT2D eigenvalue weighted by atomic mass is 10.0. The normalized spacial score (nSPS) is 11.5. The Bertz CT molecular complexity index is 5220. The SMILES string of the molecule is C=C(O)c1ccc(CCc2cnc3nc(N)nc(N)c3n2)cc1O.CC(F)(F)S(=O)(=O)c1ccc(CCc2cnc3nc(N)nc(N)c3n2)cc1.Nc1nc(N)c2nc(CCc3cccc(CC(=O)O)c3)cnc2n1.Nc1nc(N)c2nc(CCc3cccc(CP(=O)(O)O)c3)cnc2n1. The number of aliphatic hydroxyl groups is 1. The molecule has 12 aromatic rings. The van der Waals surface area contributed by atoms with Crippen LogP contribution in [0.1, 0.15) is 68.6 Å². The summed E-state index contributed by atoms with van der Waals surface area (Å²) >= 11 is 0. The molecule has 8 heterocycles. The van der Waals surface area contributed by atoms with Crippen LogP contribution in [0.15, 0.2) is 127 Å². The van der Waals surface area contributed by atoms with Gasteiger partial charge in [-0.15, -0.1) is 0 Å². The molecule has 12 rings (SSSR count). The Morgan fingerprint density at radius 1 is 0.470 bits per heavy atom. The number of nitrogen functional groups attached to an aromatic ring is 8. The summed E-state index contributed by atoms with van der Waals surface area (Å²) in [6.07, 6.45) is 10.9. The van der Waals surface area contributed by atoms with E-state index in [2.05, 4.69) is 86.3 Å². The number of aromatic hydroxyl groups is 1. The minimum absolute atomic E-state index is 0.00903. The predicted octanol–water partition coefficient (Wildman–Crippen LogP) is 5.40. The van der Waals surface area contributed by atoms with Crippen molar-refractivity contribution in [2.24, 2.45) is 0 Å². The molecule has 0 radical (unpaired) electrons. The first-order chi connectivity index (χ1) is 47.3. The molecule has 0 saturated heterocycles. The van der Waals surface area contributed by atoms with E-state index in [-0.39, 0.29) is 71.2 Å². The van der Waals surface area contributed by atoms with Gasteiger partial charge in [-0.1, -0.05) is 73.3 Å². The maximum absolute atomic E-state index is 13.2. The number of carboxylic acids is 1. The molecule has 0 bridgehead atoms. The van der Waals surface area contributed by atoms with Crippen molar-refractivity contribution in [2.75, 3.05) is 45.9 Å². The highest BCUT2D eigenvalue weighted by Crippen LogP contribution is 2.39. The van der Waals surface area contributed by atoms with Crippen molar-refractivity contribution < 1.29 is 51.7 Å². The molecule has 100 heavy (non-hydrogen) atoms. The summed E-state index contributed by atoms with van der Waals surface area (Å²) in [5.74, 6) is -0.147. The Kier molecular flexibility index (Phi) is 22.2. The number of nitrogens with zero attached hydrogens (tertiary/aromatic N) is 16. The van der Waals surface area contributed by atoms with Gasteiger partial charge in [-0.2, -0.15) is 48.7 Å². The Hall–Kier alpha value is -12.3. The van der Waals surface area contributed by atoms with E-state index in [1.807, 2.05) is 30.3 Å². The Labute approximate surface area is 566 Å². The van der Waals surface area contributed by atoms with Crippen LogP contribution in [0.4, 0.5) is 55.8 Å². The fourth-order valence-electron chi connectivity index (χ4n) is 9.71. The first-order valence-electron chi connectivity index (χ1n) is 29.8. The van der Waals surface area contributed by atoms with Crippen LogP contribution in [-0.2, 0) is 83.1 Å². The molecule has 0 fully saturated rings. The zero-order valence-corrected chi connectivity index (χ0v) is 54.7. The van der Waals surface area contributed by atoms with Crippen molar-refractivity contribution in [3.05, 3.63) is 184 Å². The molecule has 0 atom stereocenters. The Morgan fingerprint density at radius 2 is 0.800 bits per heavy atom. The van der Waals surface area contributed by atoms with Crippen molar-refractivity contribution in [2.45, 2.75) is 81.0 Å². The highest BCUT2D eigenvalue weighted by molar-refractivity contribution is 7.92. The van der Waals surface area contributed by atoms with Crippen molar-refractivity contribution in [3.8, 4) is 5.75 Å². The van der Waals surface area contributed by atoms with Crippen molar-refractivity contribution in [3.63, 3.8) is 0 Å². The van der Waals surface area contributed by atoms with Crippen molar-refractivity contribution >= 4 is 121 Å². The number of aliphatic hydroxyl groups excluding tert-OH is 1. The van der Waals surface area contributed by atoms with E-state index in [0.717, 1.165) is 39.2 Å². The predicted molar refractivity (Wildman–Crippen MR) is 369 cm³/mol. The number of phenols is 1. The molecule has 4 aromatic carbocycles. The summed E-state index contributed by atoms with van der Waals surface area (Å²) < 4.78 is 61.0. The number of sulfone groups is 1. The Morgan fingerprint density at radius 3 is 1.14 bits per heavy atom. The van der Waals surface area contributed by atoms with E-state index in [9.17, 15) is 36.8 Å². The number of rotatable bonds is 19. The number of benzene rings is 4. The van der Waals surface area contributed by atoms with Crippen molar-refractivity contribution in [1.82, 2.24) is 79.7 Å². The number of halogens is 2. The van der Waals surface area contributed by atoms with Crippen LogP contribution in [-0.4, -0.2) is 124 Å². The van der Waals surface area contributed by atoms with Gasteiger partial charge in [0.2, 0.25) is 33.6 Å². The van der Waals surface area contributed by atoms with Gasteiger partial charge in [0.15, 0.2) is 67.9 Å². The summed E-state index contributed by atoms with van der Waals surface area (Å²) in [5, 5.41) is 24.2. The summed E-state index contributed by atoms with van der Waals surface area (Å²) in [7, 11) is -8.77. The highest BCUT2D eigenvalue weighted by Gasteiger charge is 2.40. The molecular formula is C63H65F2N24O9PS. The van der Waals surface area contributed by atoms with Crippen LogP contribution >= 0.6 is 7.60 Å². The molecule has 0 unspecified atom stereocenters. The third kappa shape index (κ3) is 19.3. The summed E-state index contributed by atoms with van der Waals surface area (Å²) in [4.78, 5) is 94.3. The second-order valence-corrected chi connectivity index (χ2v) is 26.1. The average Bonchev–Trinajstić information content (AvgIpc) is 0.822. The standard InChI is InChI=1S/C16H16F2N6O2S.2C16H16N6O2.C15H17N6O3P/c1-16(17,18)27(25,26)11-6-3-9(4-7-11)2-5-10-8-21-14-12(22-10)13(19)23-15(20)24-14;1-8(23)11-5-3-9(6-12(11)24)2-4-10-7-19-15-13(20-10)14(17)21-16(18)22-15;17-14-13-15(22-16(18)21-14)19-8-11(20-13)5-4-9-2-1-3-10(6-9)7-12(23)24;16-13-12-14(21-15(17)20-13)18-7-11(19-12)5-4-9-2-1-3-10(6-9)8-25(22,23)24/h3-4,6-8H,2,5H2,1H3,(H4,19,20,21,23,24);3,5-7,23-24H,1-2,4H2,(H4,17,18,19,21,22);1-3,6,8H,4-5,7H2,(H,23,24)(H4,17,18,19,21,22);1-3,6-7H,4-5,8H2,(H2,22,23,24)(H4,16,17,18,20,21). The number of phenolic OH excluding ortho intramolecular Hbond substituents is 1. The van der Waals surface area contributed by atoms with E-state index < -0.39 is 33.6 Å². The van der Waals surface area contributed by atoms with Crippen molar-refractivity contribution in [1.29, 1.82) is 0 Å². The first-order valence-corrected chi connectivity index (χ1v) is 33.1. The fourth-order valence-corrected chi connectivity index (χ4v) is 11.3. The number of anilines is 8. The summed E-state index contributed by atoms with van der Waals surface area (Å²) in [5.41, 5.74) is 56.4. The monoisotopic (exact) mass is 1400 g/mol. The average molecular weight is 1400 g/mol. The number of hydrogen-bond acceptors (Lipinski definition) is 30. The van der Waals surface area contributed by atoms with E-state index >= 15 is 0 Å². The molecule has 516 valence electrons. The minimum atomic E-state index is -4.69. The molecule has 0 aliphatic rings. The number of carboxylic acid groups (broad SMARTS) is 1. The maximum atomic E-state index is 13.2. The molecule has 0 aliphatic carbocycles. The van der Waals surface area contributed by atoms with Crippen LogP contribution in [0.2, 0.25) is 0 Å². The number of aliphatic carboxylic acids is 1. The molecule has 37 heteroatoms. The molecule has 8 aromatic heterocycles. The number of hydrogen-bond donors (Lipinski definition) is 13. The number of carbonyl (C=O) groups is 1.